The average molecular weight is 365 g/mol. The smallest absolute Gasteiger partial charge is 0.329 e. The molecule has 1 aromatic carbocycles. The van der Waals surface area contributed by atoms with E-state index < -0.39 is 5.97 Å². The van der Waals surface area contributed by atoms with E-state index >= 15 is 0 Å². The Bertz CT molecular complexity index is 797. The number of aromatic nitrogens is 2. The largest absolute Gasteiger partial charge is 0.481 e. The van der Waals surface area contributed by atoms with Gasteiger partial charge in [0.1, 0.15) is 0 Å². The zero-order chi connectivity index (χ0) is 18.2. The van der Waals surface area contributed by atoms with E-state index in [-0.39, 0.29) is 23.8 Å². The molecule has 0 spiro atoms. The Morgan fingerprint density at radius 3 is 2.40 bits per heavy atom. The molecule has 2 rings (SSSR count). The minimum atomic E-state index is -0.862. The Morgan fingerprint density at radius 1 is 1.16 bits per heavy atom. The number of carbonyl (C=O) groups excluding carboxylic acids is 1. The number of carboxylic acid groups (broad SMARTS) is 1. The summed E-state index contributed by atoms with van der Waals surface area (Å²) in [7, 11) is 0. The third-order valence-corrected chi connectivity index (χ3v) is 4.67. The van der Waals surface area contributed by atoms with Crippen LogP contribution in [0.1, 0.15) is 19.8 Å². The van der Waals surface area contributed by atoms with Crippen LogP contribution in [0.5, 0.6) is 0 Å². The van der Waals surface area contributed by atoms with E-state index in [0.29, 0.717) is 25.4 Å². The molecule has 0 aliphatic rings. The Labute approximate surface area is 150 Å². The summed E-state index contributed by atoms with van der Waals surface area (Å²) in [5, 5.41) is 11.3. The van der Waals surface area contributed by atoms with Gasteiger partial charge in [-0.05, 0) is 18.6 Å². The predicted octanol–water partition coefficient (Wildman–Crippen LogP) is 1.54. The highest BCUT2D eigenvalue weighted by molar-refractivity contribution is 7.99. The molecule has 0 fully saturated rings. The molecule has 0 saturated heterocycles. The van der Waals surface area contributed by atoms with Gasteiger partial charge >= 0.3 is 11.7 Å². The van der Waals surface area contributed by atoms with Crippen molar-refractivity contribution in [2.45, 2.75) is 32.9 Å². The fourth-order valence-corrected chi connectivity index (χ4v) is 3.22. The number of rotatable bonds is 10. The summed E-state index contributed by atoms with van der Waals surface area (Å²) >= 11 is 1.26. The van der Waals surface area contributed by atoms with Crippen molar-refractivity contribution in [2.75, 3.05) is 18.1 Å². The molecule has 0 radical (unpaired) electrons. The molecule has 1 amide bonds. The Hall–Kier alpha value is -2.22. The maximum atomic E-state index is 12.6. The summed E-state index contributed by atoms with van der Waals surface area (Å²) in [5.41, 5.74) is 1.64. The second kappa shape index (κ2) is 9.31. The lowest BCUT2D eigenvalue weighted by molar-refractivity contribution is -0.133. The second-order valence-corrected chi connectivity index (χ2v) is 6.73. The number of benzene rings is 1. The molecule has 0 bridgehead atoms. The van der Waals surface area contributed by atoms with Gasteiger partial charge in [0, 0.05) is 31.8 Å². The van der Waals surface area contributed by atoms with Crippen molar-refractivity contribution in [2.24, 2.45) is 0 Å². The Kier molecular flexibility index (Phi) is 7.12. The molecule has 1 aromatic heterocycles. The number of nitrogens with zero attached hydrogens (tertiary/aromatic N) is 2. The van der Waals surface area contributed by atoms with Crippen molar-refractivity contribution < 1.29 is 14.7 Å². The van der Waals surface area contributed by atoms with Gasteiger partial charge in [-0.3, -0.25) is 18.7 Å². The fourth-order valence-electron chi connectivity index (χ4n) is 2.65. The zero-order valence-corrected chi connectivity index (χ0v) is 15.1. The maximum Gasteiger partial charge on any atom is 0.329 e. The monoisotopic (exact) mass is 365 g/mol. The third kappa shape index (κ3) is 5.12. The Balaban J connectivity index is 1.94. The molecule has 0 aliphatic heterocycles. The Morgan fingerprint density at radius 2 is 1.80 bits per heavy atom. The number of nitrogens with one attached hydrogen (secondary N) is 1. The standard InChI is InChI=1S/C17H23N3O4S/c1-2-9-19-13-5-3-4-6-14(13)20(17(19)24)10-7-15(21)18-8-11-25-12-16(22)23/h3-6H,2,7-12H2,1H3,(H,18,21)(H,22,23). The highest BCUT2D eigenvalue weighted by Gasteiger charge is 2.13. The van der Waals surface area contributed by atoms with Crippen LogP contribution in [0.15, 0.2) is 29.1 Å². The molecule has 25 heavy (non-hydrogen) atoms. The second-order valence-electron chi connectivity index (χ2n) is 5.62. The number of amides is 1. The molecule has 0 unspecified atom stereocenters. The zero-order valence-electron chi connectivity index (χ0n) is 14.2. The van der Waals surface area contributed by atoms with Crippen molar-refractivity contribution >= 4 is 34.7 Å². The molecule has 2 aromatic rings. The number of hydrogen-bond donors (Lipinski definition) is 2. The highest BCUT2D eigenvalue weighted by atomic mass is 32.2. The number of thioether (sulfide) groups is 1. The van der Waals surface area contributed by atoms with Crippen LogP contribution in [0.3, 0.4) is 0 Å². The fraction of sp³-hybridized carbons (Fsp3) is 0.471. The van der Waals surface area contributed by atoms with E-state index in [1.54, 1.807) is 9.13 Å². The molecule has 136 valence electrons. The van der Waals surface area contributed by atoms with Crippen molar-refractivity contribution in [3.63, 3.8) is 0 Å². The van der Waals surface area contributed by atoms with Crippen LogP contribution in [0.4, 0.5) is 0 Å². The number of aryl methyl sites for hydroxylation is 2. The quantitative estimate of drug-likeness (QED) is 0.623. The SMILES string of the molecule is CCCn1c(=O)n(CCC(=O)NCCSCC(=O)O)c2ccccc21. The predicted molar refractivity (Wildman–Crippen MR) is 99.1 cm³/mol. The third-order valence-electron chi connectivity index (χ3n) is 3.73. The van der Waals surface area contributed by atoms with Crippen LogP contribution in [-0.2, 0) is 22.7 Å². The average Bonchev–Trinajstić information content (AvgIpc) is 2.85. The van der Waals surface area contributed by atoms with Gasteiger partial charge in [0.15, 0.2) is 0 Å². The molecule has 8 heteroatoms. The highest BCUT2D eigenvalue weighted by Crippen LogP contribution is 2.13. The first kappa shape index (κ1) is 19.1. The maximum absolute atomic E-state index is 12.6. The van der Waals surface area contributed by atoms with Crippen LogP contribution >= 0.6 is 11.8 Å². The van der Waals surface area contributed by atoms with Gasteiger partial charge in [-0.25, -0.2) is 4.79 Å². The molecular formula is C17H23N3O4S. The minimum Gasteiger partial charge on any atom is -0.481 e. The minimum absolute atomic E-state index is 0.0300. The van der Waals surface area contributed by atoms with Crippen molar-refractivity contribution in [3.8, 4) is 0 Å². The molecule has 0 saturated carbocycles. The first-order chi connectivity index (χ1) is 12.0. The van der Waals surface area contributed by atoms with Crippen LogP contribution in [0.2, 0.25) is 0 Å². The number of aliphatic carboxylic acids is 1. The summed E-state index contributed by atoms with van der Waals surface area (Å²) in [5.74, 6) is -0.426. The van der Waals surface area contributed by atoms with Gasteiger partial charge in [0.05, 0.1) is 16.8 Å². The van der Waals surface area contributed by atoms with E-state index in [1.165, 1.54) is 11.8 Å². The van der Waals surface area contributed by atoms with E-state index in [0.717, 1.165) is 17.5 Å². The van der Waals surface area contributed by atoms with Crippen LogP contribution in [0, 0.1) is 0 Å². The molecule has 2 N–H and O–H groups in total. The van der Waals surface area contributed by atoms with E-state index in [1.807, 2.05) is 31.2 Å². The van der Waals surface area contributed by atoms with Gasteiger partial charge in [-0.2, -0.15) is 0 Å². The first-order valence-electron chi connectivity index (χ1n) is 8.29. The van der Waals surface area contributed by atoms with Crippen molar-refractivity contribution in [1.29, 1.82) is 0 Å². The van der Waals surface area contributed by atoms with Crippen LogP contribution in [-0.4, -0.2) is 44.2 Å². The molecule has 1 heterocycles. The lowest BCUT2D eigenvalue weighted by Crippen LogP contribution is -2.29. The normalized spacial score (nSPS) is 10.9. The van der Waals surface area contributed by atoms with Crippen molar-refractivity contribution in [1.82, 2.24) is 14.5 Å². The first-order valence-corrected chi connectivity index (χ1v) is 9.44. The van der Waals surface area contributed by atoms with Crippen LogP contribution < -0.4 is 11.0 Å². The number of carboxylic acids is 1. The lowest BCUT2D eigenvalue weighted by Gasteiger charge is -2.05. The number of fused-ring (bicyclic) bond motifs is 1. The van der Waals surface area contributed by atoms with E-state index in [4.69, 9.17) is 5.11 Å². The summed E-state index contributed by atoms with van der Waals surface area (Å²) < 4.78 is 3.39. The number of imidazole rings is 1. The number of hydrogen-bond acceptors (Lipinski definition) is 4. The number of para-hydroxylation sites is 2. The number of carbonyl (C=O) groups is 2. The topological polar surface area (TPSA) is 93.3 Å². The molecular weight excluding hydrogens is 342 g/mol. The summed E-state index contributed by atoms with van der Waals surface area (Å²) in [4.78, 5) is 34.9. The van der Waals surface area contributed by atoms with Gasteiger partial charge in [-0.15, -0.1) is 11.8 Å². The summed E-state index contributed by atoms with van der Waals surface area (Å²) in [6, 6.07) is 7.60. The van der Waals surface area contributed by atoms with E-state index in [2.05, 4.69) is 5.32 Å². The van der Waals surface area contributed by atoms with E-state index in [9.17, 15) is 14.4 Å². The van der Waals surface area contributed by atoms with Gasteiger partial charge in [0.25, 0.3) is 0 Å². The van der Waals surface area contributed by atoms with Gasteiger partial charge in [0.2, 0.25) is 5.91 Å². The van der Waals surface area contributed by atoms with Gasteiger partial charge < -0.3 is 10.4 Å². The summed E-state index contributed by atoms with van der Waals surface area (Å²) in [6.45, 7) is 3.42. The molecule has 0 atom stereocenters. The molecule has 0 aliphatic carbocycles. The van der Waals surface area contributed by atoms with Crippen molar-refractivity contribution in [3.05, 3.63) is 34.7 Å². The summed E-state index contributed by atoms with van der Waals surface area (Å²) in [6.07, 6.45) is 1.08. The molecule has 7 nitrogen and oxygen atoms in total. The van der Waals surface area contributed by atoms with Gasteiger partial charge in [-0.1, -0.05) is 19.1 Å². The lowest BCUT2D eigenvalue weighted by atomic mass is 10.3. The van der Waals surface area contributed by atoms with Crippen LogP contribution in [0.25, 0.3) is 11.0 Å².